The van der Waals surface area contributed by atoms with Crippen LogP contribution in [0.25, 0.3) is 0 Å². The summed E-state index contributed by atoms with van der Waals surface area (Å²) in [5.41, 5.74) is 6.56. The number of anilines is 2. The Morgan fingerprint density at radius 2 is 2.32 bits per heavy atom. The first-order chi connectivity index (χ1) is 10.6. The molecule has 1 aliphatic rings. The van der Waals surface area contributed by atoms with E-state index >= 15 is 0 Å². The lowest BCUT2D eigenvalue weighted by molar-refractivity contribution is 0.409. The Morgan fingerprint density at radius 1 is 1.50 bits per heavy atom. The van der Waals surface area contributed by atoms with Gasteiger partial charge in [-0.25, -0.2) is 4.98 Å². The van der Waals surface area contributed by atoms with Crippen LogP contribution in [0.3, 0.4) is 0 Å². The maximum atomic E-state index is 7.33. The maximum absolute atomic E-state index is 7.33. The van der Waals surface area contributed by atoms with Gasteiger partial charge in [0.2, 0.25) is 5.95 Å². The number of hydrogen-bond donors (Lipinski definition) is 5. The van der Waals surface area contributed by atoms with Crippen molar-refractivity contribution < 1.29 is 0 Å². The number of halogens is 1. The predicted molar refractivity (Wildman–Crippen MR) is 90.4 cm³/mol. The Morgan fingerprint density at radius 3 is 3.00 bits per heavy atom. The van der Waals surface area contributed by atoms with Crippen molar-refractivity contribution in [1.29, 1.82) is 5.41 Å². The van der Waals surface area contributed by atoms with Gasteiger partial charge in [-0.3, -0.25) is 0 Å². The number of aromatic nitrogens is 2. The van der Waals surface area contributed by atoms with Crippen molar-refractivity contribution in [3.63, 3.8) is 0 Å². The highest BCUT2D eigenvalue weighted by molar-refractivity contribution is 6.32. The molecular weight excluding hydrogens is 302 g/mol. The maximum Gasteiger partial charge on any atom is 0.229 e. The van der Waals surface area contributed by atoms with Crippen LogP contribution < -0.4 is 21.7 Å². The fourth-order valence-electron chi connectivity index (χ4n) is 2.48. The molecule has 7 nitrogen and oxygen atoms in total. The summed E-state index contributed by atoms with van der Waals surface area (Å²) in [4.78, 5) is 8.51. The van der Waals surface area contributed by atoms with Crippen molar-refractivity contribution in [2.45, 2.75) is 37.8 Å². The number of allylic oxidation sites excluding steroid dienone is 1. The average Bonchev–Trinajstić information content (AvgIpc) is 2.50. The molecule has 0 saturated heterocycles. The molecule has 1 aromatic rings. The van der Waals surface area contributed by atoms with Gasteiger partial charge in [-0.15, -0.1) is 0 Å². The van der Waals surface area contributed by atoms with E-state index in [1.807, 2.05) is 0 Å². The van der Waals surface area contributed by atoms with Gasteiger partial charge in [0, 0.05) is 31.5 Å². The fourth-order valence-corrected chi connectivity index (χ4v) is 2.62. The smallest absolute Gasteiger partial charge is 0.229 e. The fraction of sp³-hybridized carbons (Fsp3) is 0.500. The average molecular weight is 324 g/mol. The van der Waals surface area contributed by atoms with E-state index in [1.165, 1.54) is 6.21 Å². The van der Waals surface area contributed by atoms with Crippen LogP contribution in [-0.4, -0.2) is 35.3 Å². The number of nitrogens with two attached hydrogens (primary N) is 1. The molecule has 22 heavy (non-hydrogen) atoms. The van der Waals surface area contributed by atoms with Crippen molar-refractivity contribution in [3.8, 4) is 0 Å². The van der Waals surface area contributed by atoms with Gasteiger partial charge in [-0.2, -0.15) is 4.98 Å². The van der Waals surface area contributed by atoms with Crippen LogP contribution in [-0.2, 0) is 0 Å². The summed E-state index contributed by atoms with van der Waals surface area (Å²) in [5, 5.41) is 16.9. The van der Waals surface area contributed by atoms with Crippen molar-refractivity contribution in [3.05, 3.63) is 23.1 Å². The molecule has 6 N–H and O–H groups in total. The lowest BCUT2D eigenvalue weighted by atomic mass is 9.92. The largest absolute Gasteiger partial charge is 0.392 e. The molecule has 0 aromatic carbocycles. The van der Waals surface area contributed by atoms with E-state index in [1.54, 1.807) is 19.4 Å². The van der Waals surface area contributed by atoms with Gasteiger partial charge in [0.1, 0.15) is 5.02 Å². The topological polar surface area (TPSA) is 112 Å². The quantitative estimate of drug-likeness (QED) is 0.511. The van der Waals surface area contributed by atoms with E-state index in [9.17, 15) is 0 Å². The second-order valence-corrected chi connectivity index (χ2v) is 5.72. The molecule has 0 aliphatic heterocycles. The van der Waals surface area contributed by atoms with Crippen molar-refractivity contribution in [2.75, 3.05) is 17.7 Å². The third-order valence-corrected chi connectivity index (χ3v) is 3.79. The Bertz CT molecular complexity index is 546. The van der Waals surface area contributed by atoms with Crippen LogP contribution in [0.15, 0.2) is 18.1 Å². The minimum Gasteiger partial charge on any atom is -0.392 e. The minimum absolute atomic E-state index is 0.229. The highest BCUT2D eigenvalue weighted by Crippen LogP contribution is 2.25. The number of nitrogens with one attached hydrogen (secondary N) is 4. The molecule has 1 fully saturated rings. The summed E-state index contributed by atoms with van der Waals surface area (Å²) in [5.74, 6) is 0.976. The summed E-state index contributed by atoms with van der Waals surface area (Å²) < 4.78 is 0. The Balaban J connectivity index is 2.09. The number of nitrogens with zero attached hydrogens (tertiary/aromatic N) is 2. The van der Waals surface area contributed by atoms with Crippen LogP contribution in [0.4, 0.5) is 11.8 Å². The van der Waals surface area contributed by atoms with Crippen LogP contribution in [0.5, 0.6) is 0 Å². The molecule has 0 spiro atoms. The van der Waals surface area contributed by atoms with E-state index in [0.29, 0.717) is 22.5 Å². The molecule has 0 amide bonds. The van der Waals surface area contributed by atoms with E-state index in [0.717, 1.165) is 25.7 Å². The summed E-state index contributed by atoms with van der Waals surface area (Å²) in [6.45, 7) is 0. The monoisotopic (exact) mass is 323 g/mol. The van der Waals surface area contributed by atoms with Crippen LogP contribution in [0, 0.1) is 5.41 Å². The second kappa shape index (κ2) is 7.95. The van der Waals surface area contributed by atoms with Crippen molar-refractivity contribution in [1.82, 2.24) is 15.3 Å². The molecule has 1 aliphatic carbocycles. The van der Waals surface area contributed by atoms with E-state index in [-0.39, 0.29) is 12.1 Å². The van der Waals surface area contributed by atoms with E-state index < -0.39 is 0 Å². The Labute approximate surface area is 135 Å². The zero-order chi connectivity index (χ0) is 15.9. The molecule has 2 rings (SSSR count). The molecule has 120 valence electrons. The molecule has 8 heteroatoms. The Hall–Kier alpha value is -1.86. The number of rotatable bonds is 6. The van der Waals surface area contributed by atoms with E-state index in [4.69, 9.17) is 22.7 Å². The third-order valence-electron chi connectivity index (χ3n) is 3.51. The van der Waals surface area contributed by atoms with Crippen molar-refractivity contribution >= 4 is 29.6 Å². The molecule has 1 heterocycles. The lowest BCUT2D eigenvalue weighted by Gasteiger charge is -2.28. The summed E-state index contributed by atoms with van der Waals surface area (Å²) >= 11 is 6.17. The molecule has 0 bridgehead atoms. The molecular formula is C14H22ClN7. The van der Waals surface area contributed by atoms with Crippen LogP contribution in [0.1, 0.15) is 25.7 Å². The summed E-state index contributed by atoms with van der Waals surface area (Å²) in [6.07, 6.45) is 8.52. The first kappa shape index (κ1) is 16.5. The zero-order valence-electron chi connectivity index (χ0n) is 12.6. The SMILES string of the molecule is CN/C=C(\C=N)Nc1ncc(Cl)c(N[C@@H]2CCC[C@H](N)C2)n1. The van der Waals surface area contributed by atoms with Gasteiger partial charge in [0.25, 0.3) is 0 Å². The molecule has 0 radical (unpaired) electrons. The molecule has 0 unspecified atom stereocenters. The molecule has 1 aromatic heterocycles. The van der Waals surface area contributed by atoms with Crippen molar-refractivity contribution in [2.24, 2.45) is 5.73 Å². The summed E-state index contributed by atoms with van der Waals surface area (Å²) in [7, 11) is 1.76. The molecule has 2 atom stereocenters. The number of hydrogen-bond acceptors (Lipinski definition) is 7. The zero-order valence-corrected chi connectivity index (χ0v) is 13.3. The standard InChI is InChI=1S/C14H22ClN7/c1-18-7-11(6-16)21-14-19-8-12(15)13(22-14)20-10-4-2-3-9(17)5-10/h6-10,16,18H,2-5,17H2,1H3,(H2,19,20,21,22)/b11-7+,16-6?/t9-,10+/m0/s1. The lowest BCUT2D eigenvalue weighted by Crippen LogP contribution is -2.35. The van der Waals surface area contributed by atoms with Gasteiger partial charge >= 0.3 is 0 Å². The minimum atomic E-state index is 0.229. The van der Waals surface area contributed by atoms with E-state index in [2.05, 4.69) is 25.9 Å². The second-order valence-electron chi connectivity index (χ2n) is 5.32. The van der Waals surface area contributed by atoms with Gasteiger partial charge in [0.05, 0.1) is 11.9 Å². The van der Waals surface area contributed by atoms with Gasteiger partial charge in [-0.05, 0) is 25.7 Å². The highest BCUT2D eigenvalue weighted by atomic mass is 35.5. The normalized spacial score (nSPS) is 22.0. The van der Waals surface area contributed by atoms with Gasteiger partial charge in [0.15, 0.2) is 5.82 Å². The van der Waals surface area contributed by atoms with Gasteiger partial charge in [-0.1, -0.05) is 11.6 Å². The first-order valence-electron chi connectivity index (χ1n) is 7.32. The molecule has 1 saturated carbocycles. The highest BCUT2D eigenvalue weighted by Gasteiger charge is 2.20. The third kappa shape index (κ3) is 4.57. The predicted octanol–water partition coefficient (Wildman–Crippen LogP) is 1.93. The first-order valence-corrected chi connectivity index (χ1v) is 7.69. The Kier molecular flexibility index (Phi) is 5.97. The van der Waals surface area contributed by atoms with Crippen LogP contribution >= 0.6 is 11.6 Å². The summed E-state index contributed by atoms with van der Waals surface area (Å²) in [6, 6.07) is 0.506. The van der Waals surface area contributed by atoms with Gasteiger partial charge < -0.3 is 27.1 Å². The van der Waals surface area contributed by atoms with Crippen LogP contribution in [0.2, 0.25) is 5.02 Å².